The van der Waals surface area contributed by atoms with Gasteiger partial charge in [-0.05, 0) is 32.4 Å². The lowest BCUT2D eigenvalue weighted by atomic mass is 10.1. The quantitative estimate of drug-likeness (QED) is 0.695. The highest BCUT2D eigenvalue weighted by Crippen LogP contribution is 2.28. The van der Waals surface area contributed by atoms with Gasteiger partial charge in [0.15, 0.2) is 11.3 Å². The smallest absolute Gasteiger partial charge is 0.175 e. The number of carbonyl (C=O) groups excluding carboxylic acids is 1. The van der Waals surface area contributed by atoms with Crippen molar-refractivity contribution in [2.45, 2.75) is 32.8 Å². The second-order valence-corrected chi connectivity index (χ2v) is 4.57. The van der Waals surface area contributed by atoms with Gasteiger partial charge in [-0.25, -0.2) is 0 Å². The molecule has 72 valence electrons. The first-order valence-electron chi connectivity index (χ1n) is 4.31. The molecule has 0 bridgehead atoms. The second-order valence-electron chi connectivity index (χ2n) is 3.49. The van der Waals surface area contributed by atoms with Crippen LogP contribution in [-0.4, -0.2) is 11.9 Å². The molecule has 0 aromatic carbocycles. The van der Waals surface area contributed by atoms with Gasteiger partial charge >= 0.3 is 0 Å². The van der Waals surface area contributed by atoms with Crippen LogP contribution >= 0.6 is 11.3 Å². The van der Waals surface area contributed by atoms with Gasteiger partial charge in [0.1, 0.15) is 5.60 Å². The van der Waals surface area contributed by atoms with Crippen LogP contribution in [0.5, 0.6) is 5.06 Å². The van der Waals surface area contributed by atoms with Gasteiger partial charge in [0.2, 0.25) is 0 Å². The number of carbonyl (C=O) groups is 1. The molecule has 0 aliphatic carbocycles. The van der Waals surface area contributed by atoms with E-state index in [0.29, 0.717) is 4.88 Å². The largest absolute Gasteiger partial charge is 0.478 e. The standard InChI is InChI=1S/C10H14O2S/c1-4-10(2,3)12-9-6-5-8(7-11)13-9/h5-7H,4H2,1-3H3. The molecule has 0 saturated carbocycles. The molecular weight excluding hydrogens is 184 g/mol. The van der Waals surface area contributed by atoms with Crippen LogP contribution in [-0.2, 0) is 0 Å². The van der Waals surface area contributed by atoms with Crippen LogP contribution in [0.3, 0.4) is 0 Å². The maximum absolute atomic E-state index is 10.4. The van der Waals surface area contributed by atoms with Crippen LogP contribution in [0.25, 0.3) is 0 Å². The molecule has 0 amide bonds. The van der Waals surface area contributed by atoms with Crippen molar-refractivity contribution in [3.05, 3.63) is 17.0 Å². The predicted octanol–water partition coefficient (Wildman–Crippen LogP) is 3.13. The van der Waals surface area contributed by atoms with E-state index in [4.69, 9.17) is 4.74 Å². The molecule has 0 unspecified atom stereocenters. The average molecular weight is 198 g/mol. The normalized spacial score (nSPS) is 11.3. The summed E-state index contributed by atoms with van der Waals surface area (Å²) in [5.41, 5.74) is -0.148. The molecule has 0 atom stereocenters. The number of hydrogen-bond acceptors (Lipinski definition) is 3. The van der Waals surface area contributed by atoms with E-state index in [1.165, 1.54) is 11.3 Å². The SMILES string of the molecule is CCC(C)(C)Oc1ccc(C=O)s1. The van der Waals surface area contributed by atoms with Gasteiger partial charge in [-0.2, -0.15) is 0 Å². The van der Waals surface area contributed by atoms with Gasteiger partial charge < -0.3 is 4.74 Å². The summed E-state index contributed by atoms with van der Waals surface area (Å²) >= 11 is 1.38. The molecule has 13 heavy (non-hydrogen) atoms. The number of aldehydes is 1. The Balaban J connectivity index is 2.69. The fourth-order valence-electron chi connectivity index (χ4n) is 0.797. The Kier molecular flexibility index (Phi) is 3.09. The van der Waals surface area contributed by atoms with Gasteiger partial charge in [-0.15, -0.1) is 0 Å². The summed E-state index contributed by atoms with van der Waals surface area (Å²) in [7, 11) is 0. The Morgan fingerprint density at radius 1 is 1.54 bits per heavy atom. The van der Waals surface area contributed by atoms with E-state index in [1.54, 1.807) is 6.07 Å². The highest BCUT2D eigenvalue weighted by Gasteiger charge is 2.17. The summed E-state index contributed by atoms with van der Waals surface area (Å²) in [6.45, 7) is 6.15. The average Bonchev–Trinajstić information content (AvgIpc) is 2.52. The van der Waals surface area contributed by atoms with E-state index in [2.05, 4.69) is 6.92 Å². The number of thiophene rings is 1. The minimum Gasteiger partial charge on any atom is -0.478 e. The van der Waals surface area contributed by atoms with Crippen LogP contribution in [0.2, 0.25) is 0 Å². The molecule has 0 N–H and O–H groups in total. The number of ether oxygens (including phenoxy) is 1. The molecule has 1 aromatic rings. The lowest BCUT2D eigenvalue weighted by Crippen LogP contribution is -2.26. The van der Waals surface area contributed by atoms with Crippen LogP contribution < -0.4 is 4.74 Å². The van der Waals surface area contributed by atoms with Gasteiger partial charge in [-0.1, -0.05) is 18.3 Å². The van der Waals surface area contributed by atoms with Crippen molar-refractivity contribution in [2.24, 2.45) is 0 Å². The minimum absolute atomic E-state index is 0.148. The third-order valence-corrected chi connectivity index (χ3v) is 2.84. The summed E-state index contributed by atoms with van der Waals surface area (Å²) in [5, 5.41) is 0.814. The molecule has 0 fully saturated rings. The first-order chi connectivity index (χ1) is 6.07. The molecule has 1 heterocycles. The monoisotopic (exact) mass is 198 g/mol. The third kappa shape index (κ3) is 2.84. The Labute approximate surface area is 82.5 Å². The number of hydrogen-bond donors (Lipinski definition) is 0. The summed E-state index contributed by atoms with van der Waals surface area (Å²) in [4.78, 5) is 11.1. The molecule has 1 rings (SSSR count). The van der Waals surface area contributed by atoms with Crippen molar-refractivity contribution in [3.8, 4) is 5.06 Å². The van der Waals surface area contributed by atoms with Crippen LogP contribution in [0, 0.1) is 0 Å². The third-order valence-electron chi connectivity index (χ3n) is 1.95. The fourth-order valence-corrected chi connectivity index (χ4v) is 1.62. The first kappa shape index (κ1) is 10.3. The van der Waals surface area contributed by atoms with Gasteiger partial charge in [0.25, 0.3) is 0 Å². The van der Waals surface area contributed by atoms with Crippen molar-refractivity contribution in [3.63, 3.8) is 0 Å². The maximum Gasteiger partial charge on any atom is 0.175 e. The zero-order chi connectivity index (χ0) is 9.90. The number of rotatable bonds is 4. The summed E-state index contributed by atoms with van der Waals surface area (Å²) in [5.74, 6) is 0. The van der Waals surface area contributed by atoms with Gasteiger partial charge in [0, 0.05) is 0 Å². The summed E-state index contributed by atoms with van der Waals surface area (Å²) in [6.07, 6.45) is 1.79. The van der Waals surface area contributed by atoms with E-state index in [9.17, 15) is 4.79 Å². The van der Waals surface area contributed by atoms with Crippen molar-refractivity contribution in [1.82, 2.24) is 0 Å². The molecule has 3 heteroatoms. The van der Waals surface area contributed by atoms with Crippen LogP contribution in [0.15, 0.2) is 12.1 Å². The molecule has 0 aliphatic rings. The molecular formula is C10H14O2S. The Morgan fingerprint density at radius 2 is 2.23 bits per heavy atom. The zero-order valence-electron chi connectivity index (χ0n) is 8.16. The molecule has 1 aromatic heterocycles. The van der Waals surface area contributed by atoms with Gasteiger partial charge in [0.05, 0.1) is 4.88 Å². The Bertz CT molecular complexity index is 289. The Hall–Kier alpha value is -0.830. The Morgan fingerprint density at radius 3 is 2.69 bits per heavy atom. The fraction of sp³-hybridized carbons (Fsp3) is 0.500. The van der Waals surface area contributed by atoms with Crippen LogP contribution in [0.1, 0.15) is 36.9 Å². The van der Waals surface area contributed by atoms with E-state index in [-0.39, 0.29) is 5.60 Å². The lowest BCUT2D eigenvalue weighted by Gasteiger charge is -2.23. The summed E-state index contributed by atoms with van der Waals surface area (Å²) < 4.78 is 5.69. The van der Waals surface area contributed by atoms with E-state index >= 15 is 0 Å². The second kappa shape index (κ2) is 3.92. The zero-order valence-corrected chi connectivity index (χ0v) is 8.98. The van der Waals surface area contributed by atoms with Crippen molar-refractivity contribution < 1.29 is 9.53 Å². The summed E-state index contributed by atoms with van der Waals surface area (Å²) in [6, 6.07) is 3.62. The van der Waals surface area contributed by atoms with Crippen molar-refractivity contribution in [1.29, 1.82) is 0 Å². The van der Waals surface area contributed by atoms with Crippen molar-refractivity contribution >= 4 is 17.6 Å². The highest BCUT2D eigenvalue weighted by molar-refractivity contribution is 7.15. The van der Waals surface area contributed by atoms with Gasteiger partial charge in [-0.3, -0.25) is 4.79 Å². The molecule has 2 nitrogen and oxygen atoms in total. The lowest BCUT2D eigenvalue weighted by molar-refractivity contribution is 0.110. The molecule has 0 spiro atoms. The highest BCUT2D eigenvalue weighted by atomic mass is 32.1. The molecule has 0 aliphatic heterocycles. The van der Waals surface area contributed by atoms with Crippen molar-refractivity contribution in [2.75, 3.05) is 0 Å². The molecule has 0 radical (unpaired) electrons. The van der Waals surface area contributed by atoms with Crippen LogP contribution in [0.4, 0.5) is 0 Å². The van der Waals surface area contributed by atoms with E-state index in [1.807, 2.05) is 19.9 Å². The predicted molar refractivity (Wildman–Crippen MR) is 54.7 cm³/mol. The first-order valence-corrected chi connectivity index (χ1v) is 5.13. The topological polar surface area (TPSA) is 26.3 Å². The maximum atomic E-state index is 10.4. The minimum atomic E-state index is -0.148. The van der Waals surface area contributed by atoms with E-state index in [0.717, 1.165) is 17.8 Å². The molecule has 0 saturated heterocycles. The van der Waals surface area contributed by atoms with E-state index < -0.39 is 0 Å².